The lowest BCUT2D eigenvalue weighted by atomic mass is 9.96. The fraction of sp³-hybridized carbons (Fsp3) is 0.391. The molecule has 182 valence electrons. The third kappa shape index (κ3) is 6.24. The van der Waals surface area contributed by atoms with E-state index in [-0.39, 0.29) is 31.6 Å². The molecule has 1 aliphatic heterocycles. The minimum atomic E-state index is -4.69. The van der Waals surface area contributed by atoms with Crippen molar-refractivity contribution in [1.29, 1.82) is 0 Å². The van der Waals surface area contributed by atoms with Crippen molar-refractivity contribution in [3.63, 3.8) is 0 Å². The normalized spacial score (nSPS) is 15.5. The standard InChI is InChI=1S/C23H24F3N3O5/c1-15(21(30)27-14-16-5-3-2-4-6-16)34-22(31)17-9-11-28(12-10-17)19-8-7-18(23(24,25)26)13-20(19)29(32)33/h2-8,13,15,17H,9-12,14H2,1H3,(H,27,30). The van der Waals surface area contributed by atoms with Gasteiger partial charge < -0.3 is 15.0 Å². The first-order chi connectivity index (χ1) is 16.1. The summed E-state index contributed by atoms with van der Waals surface area (Å²) in [6.07, 6.45) is -5.11. The lowest BCUT2D eigenvalue weighted by Crippen LogP contribution is -2.40. The molecule has 1 unspecified atom stereocenters. The third-order valence-corrected chi connectivity index (χ3v) is 5.64. The Hall–Kier alpha value is -3.63. The molecule has 1 saturated heterocycles. The molecule has 1 aliphatic rings. The topological polar surface area (TPSA) is 102 Å². The van der Waals surface area contributed by atoms with E-state index in [0.29, 0.717) is 12.6 Å². The molecule has 2 aromatic rings. The minimum absolute atomic E-state index is 0.0680. The van der Waals surface area contributed by atoms with Crippen LogP contribution in [0.15, 0.2) is 48.5 Å². The maximum Gasteiger partial charge on any atom is 0.416 e. The minimum Gasteiger partial charge on any atom is -0.452 e. The van der Waals surface area contributed by atoms with Gasteiger partial charge in [0, 0.05) is 25.7 Å². The molecule has 3 rings (SSSR count). The summed E-state index contributed by atoms with van der Waals surface area (Å²) in [7, 11) is 0. The van der Waals surface area contributed by atoms with Crippen LogP contribution in [-0.4, -0.2) is 36.0 Å². The van der Waals surface area contributed by atoms with Gasteiger partial charge in [-0.3, -0.25) is 19.7 Å². The number of hydrogen-bond donors (Lipinski definition) is 1. The maximum atomic E-state index is 12.9. The van der Waals surface area contributed by atoms with Crippen molar-refractivity contribution in [1.82, 2.24) is 5.32 Å². The molecule has 0 radical (unpaired) electrons. The van der Waals surface area contributed by atoms with Crippen molar-refractivity contribution in [2.45, 2.75) is 38.6 Å². The fourth-order valence-electron chi connectivity index (χ4n) is 3.72. The Morgan fingerprint density at radius 1 is 1.18 bits per heavy atom. The van der Waals surface area contributed by atoms with Gasteiger partial charge in [-0.2, -0.15) is 13.2 Å². The number of halogens is 3. The van der Waals surface area contributed by atoms with Crippen molar-refractivity contribution < 1.29 is 32.4 Å². The van der Waals surface area contributed by atoms with Crippen LogP contribution in [0, 0.1) is 16.0 Å². The Morgan fingerprint density at radius 3 is 2.41 bits per heavy atom. The van der Waals surface area contributed by atoms with Crippen LogP contribution >= 0.6 is 0 Å². The molecule has 0 spiro atoms. The molecule has 1 amide bonds. The van der Waals surface area contributed by atoms with Gasteiger partial charge in [0.1, 0.15) is 5.69 Å². The smallest absolute Gasteiger partial charge is 0.416 e. The molecule has 0 aliphatic carbocycles. The van der Waals surface area contributed by atoms with Crippen molar-refractivity contribution in [2.24, 2.45) is 5.92 Å². The second kappa shape index (κ2) is 10.5. The van der Waals surface area contributed by atoms with Gasteiger partial charge in [0.25, 0.3) is 11.6 Å². The molecule has 11 heteroatoms. The first-order valence-electron chi connectivity index (χ1n) is 10.7. The van der Waals surface area contributed by atoms with Crippen LogP contribution in [0.4, 0.5) is 24.5 Å². The Bertz CT molecular complexity index is 1040. The molecular formula is C23H24F3N3O5. The molecule has 1 heterocycles. The fourth-order valence-corrected chi connectivity index (χ4v) is 3.72. The van der Waals surface area contributed by atoms with Gasteiger partial charge in [-0.1, -0.05) is 30.3 Å². The maximum absolute atomic E-state index is 12.9. The van der Waals surface area contributed by atoms with Crippen LogP contribution in [-0.2, 0) is 27.0 Å². The van der Waals surface area contributed by atoms with E-state index in [1.165, 1.54) is 6.92 Å². The van der Waals surface area contributed by atoms with Gasteiger partial charge in [-0.15, -0.1) is 0 Å². The van der Waals surface area contributed by atoms with E-state index in [4.69, 9.17) is 4.74 Å². The van der Waals surface area contributed by atoms with E-state index in [1.807, 2.05) is 30.3 Å². The molecule has 2 aromatic carbocycles. The number of alkyl halides is 3. The van der Waals surface area contributed by atoms with Crippen LogP contribution in [0.3, 0.4) is 0 Å². The number of piperidine rings is 1. The highest BCUT2D eigenvalue weighted by atomic mass is 19.4. The Morgan fingerprint density at radius 2 is 1.82 bits per heavy atom. The Kier molecular flexibility index (Phi) is 7.75. The number of carbonyl (C=O) groups is 2. The monoisotopic (exact) mass is 479 g/mol. The van der Waals surface area contributed by atoms with Crippen LogP contribution in [0.25, 0.3) is 0 Å². The number of benzene rings is 2. The summed E-state index contributed by atoms with van der Waals surface area (Å²) in [4.78, 5) is 36.8. The summed E-state index contributed by atoms with van der Waals surface area (Å²) in [5.74, 6) is -1.51. The number of esters is 1. The average Bonchev–Trinajstić information content (AvgIpc) is 2.82. The summed E-state index contributed by atoms with van der Waals surface area (Å²) in [6.45, 7) is 2.21. The lowest BCUT2D eigenvalue weighted by Gasteiger charge is -2.32. The van der Waals surface area contributed by atoms with Gasteiger partial charge in [0.15, 0.2) is 6.10 Å². The number of ether oxygens (including phenoxy) is 1. The molecule has 0 saturated carbocycles. The number of rotatable bonds is 7. The van der Waals surface area contributed by atoms with Crippen LogP contribution < -0.4 is 10.2 Å². The number of carbonyl (C=O) groups excluding carboxylic acids is 2. The third-order valence-electron chi connectivity index (χ3n) is 5.64. The van der Waals surface area contributed by atoms with E-state index in [0.717, 1.165) is 17.7 Å². The molecule has 1 N–H and O–H groups in total. The van der Waals surface area contributed by atoms with E-state index >= 15 is 0 Å². The van der Waals surface area contributed by atoms with Crippen molar-refractivity contribution in [3.8, 4) is 0 Å². The van der Waals surface area contributed by atoms with Crippen molar-refractivity contribution >= 4 is 23.3 Å². The highest BCUT2D eigenvalue weighted by Crippen LogP contribution is 2.37. The molecule has 0 aromatic heterocycles. The zero-order valence-corrected chi connectivity index (χ0v) is 18.4. The summed E-state index contributed by atoms with van der Waals surface area (Å²) < 4.78 is 44.1. The number of nitrogens with zero attached hydrogens (tertiary/aromatic N) is 2. The quantitative estimate of drug-likeness (QED) is 0.365. The molecular weight excluding hydrogens is 455 g/mol. The predicted octanol–water partition coefficient (Wildman–Crippen LogP) is 4.08. The number of nitro groups is 1. The first-order valence-corrected chi connectivity index (χ1v) is 10.7. The van der Waals surface area contributed by atoms with E-state index in [9.17, 15) is 32.9 Å². The zero-order chi connectivity index (χ0) is 24.9. The van der Waals surface area contributed by atoms with E-state index in [2.05, 4.69) is 5.32 Å². The summed E-state index contributed by atoms with van der Waals surface area (Å²) in [5, 5.41) is 14.0. The van der Waals surface area contributed by atoms with E-state index in [1.54, 1.807) is 4.90 Å². The van der Waals surface area contributed by atoms with Crippen LogP contribution in [0.1, 0.15) is 30.9 Å². The largest absolute Gasteiger partial charge is 0.452 e. The van der Waals surface area contributed by atoms with Gasteiger partial charge in [-0.25, -0.2) is 0 Å². The Balaban J connectivity index is 1.54. The van der Waals surface area contributed by atoms with Crippen molar-refractivity contribution in [3.05, 3.63) is 69.8 Å². The molecule has 1 atom stereocenters. The summed E-state index contributed by atoms with van der Waals surface area (Å²) >= 11 is 0. The molecule has 34 heavy (non-hydrogen) atoms. The highest BCUT2D eigenvalue weighted by molar-refractivity contribution is 5.84. The van der Waals surface area contributed by atoms with Crippen LogP contribution in [0.5, 0.6) is 0 Å². The van der Waals surface area contributed by atoms with Crippen LogP contribution in [0.2, 0.25) is 0 Å². The van der Waals surface area contributed by atoms with E-state index < -0.39 is 46.2 Å². The number of nitro benzene ring substituents is 1. The van der Waals surface area contributed by atoms with Gasteiger partial charge in [0.05, 0.1) is 16.4 Å². The number of hydrogen-bond acceptors (Lipinski definition) is 6. The van der Waals surface area contributed by atoms with Gasteiger partial charge >= 0.3 is 12.1 Å². The first kappa shape index (κ1) is 25.0. The lowest BCUT2D eigenvalue weighted by molar-refractivity contribution is -0.384. The molecule has 1 fully saturated rings. The average molecular weight is 479 g/mol. The Labute approximate surface area is 193 Å². The highest BCUT2D eigenvalue weighted by Gasteiger charge is 2.35. The second-order valence-corrected chi connectivity index (χ2v) is 8.00. The zero-order valence-electron chi connectivity index (χ0n) is 18.4. The predicted molar refractivity (Wildman–Crippen MR) is 117 cm³/mol. The number of amides is 1. The van der Waals surface area contributed by atoms with Crippen molar-refractivity contribution in [2.75, 3.05) is 18.0 Å². The second-order valence-electron chi connectivity index (χ2n) is 8.00. The SMILES string of the molecule is CC(OC(=O)C1CCN(c2ccc(C(F)(F)F)cc2[N+](=O)[O-])CC1)C(=O)NCc1ccccc1. The van der Waals surface area contributed by atoms with Gasteiger partial charge in [-0.05, 0) is 37.5 Å². The summed E-state index contributed by atoms with van der Waals surface area (Å²) in [5.41, 5.74) is -0.766. The van der Waals surface area contributed by atoms with Gasteiger partial charge in [0.2, 0.25) is 0 Å². The number of nitrogens with one attached hydrogen (secondary N) is 1. The molecule has 8 nitrogen and oxygen atoms in total. The molecule has 0 bridgehead atoms. The number of anilines is 1. The summed E-state index contributed by atoms with van der Waals surface area (Å²) in [6, 6.07) is 11.7.